The molecule has 1 saturated heterocycles. The Morgan fingerprint density at radius 2 is 2.33 bits per heavy atom. The summed E-state index contributed by atoms with van der Waals surface area (Å²) < 4.78 is 0. The first kappa shape index (κ1) is 6.75. The van der Waals surface area contributed by atoms with E-state index in [0.717, 1.165) is 19.3 Å². The minimum absolute atomic E-state index is 0.186. The second-order valence-corrected chi connectivity index (χ2v) is 3.37. The Morgan fingerprint density at radius 1 is 1.67 bits per heavy atom. The lowest BCUT2D eigenvalue weighted by molar-refractivity contribution is -0.110. The summed E-state index contributed by atoms with van der Waals surface area (Å²) in [7, 11) is 0. The molecule has 1 atom stereocenters. The Labute approximate surface area is 55.6 Å². The smallest absolute Gasteiger partial charge is 0.124 e. The van der Waals surface area contributed by atoms with Gasteiger partial charge in [0.2, 0.25) is 0 Å². The fourth-order valence-electron chi connectivity index (χ4n) is 1.30. The molecular formula is C7H13NO. The Bertz CT molecular complexity index is 120. The molecule has 0 bridgehead atoms. The van der Waals surface area contributed by atoms with Crippen LogP contribution in [0.3, 0.4) is 0 Å². The van der Waals surface area contributed by atoms with Crippen molar-refractivity contribution < 1.29 is 4.79 Å². The normalized spacial score (nSPS) is 32.4. The number of carbonyl (C=O) groups excluding carboxylic acids is 1. The van der Waals surface area contributed by atoms with Gasteiger partial charge in [-0.15, -0.1) is 0 Å². The summed E-state index contributed by atoms with van der Waals surface area (Å²) in [6, 6.07) is 0. The van der Waals surface area contributed by atoms with E-state index in [1.54, 1.807) is 0 Å². The lowest BCUT2D eigenvalue weighted by Gasteiger charge is -2.16. The van der Waals surface area contributed by atoms with Crippen molar-refractivity contribution in [2.45, 2.75) is 25.8 Å². The van der Waals surface area contributed by atoms with Crippen LogP contribution in [0.2, 0.25) is 0 Å². The highest BCUT2D eigenvalue weighted by molar-refractivity contribution is 5.54. The quantitative estimate of drug-likeness (QED) is 0.522. The van der Waals surface area contributed by atoms with Gasteiger partial charge >= 0.3 is 0 Å². The molecule has 0 spiro atoms. The van der Waals surface area contributed by atoms with Crippen LogP contribution < -0.4 is 5.32 Å². The fourth-order valence-corrected chi connectivity index (χ4v) is 1.30. The lowest BCUT2D eigenvalue weighted by atomic mass is 9.98. The van der Waals surface area contributed by atoms with Crippen LogP contribution in [-0.2, 0) is 4.79 Å². The van der Waals surface area contributed by atoms with Crippen molar-refractivity contribution in [3.63, 3.8) is 0 Å². The van der Waals surface area contributed by atoms with Crippen LogP contribution in [-0.4, -0.2) is 18.4 Å². The Balaban J connectivity index is 2.47. The van der Waals surface area contributed by atoms with Crippen LogP contribution >= 0.6 is 0 Å². The standard InChI is InChI=1S/C7H13NO/c1-7(2)3-6(5-9)4-8-7/h5-6,8H,3-4H2,1-2H3/t6-/m0/s1. The van der Waals surface area contributed by atoms with Crippen LogP contribution in [0.25, 0.3) is 0 Å². The van der Waals surface area contributed by atoms with Gasteiger partial charge in [-0.2, -0.15) is 0 Å². The third-order valence-electron chi connectivity index (χ3n) is 1.81. The van der Waals surface area contributed by atoms with Gasteiger partial charge in [0.1, 0.15) is 6.29 Å². The van der Waals surface area contributed by atoms with Gasteiger partial charge in [0.25, 0.3) is 0 Å². The second-order valence-electron chi connectivity index (χ2n) is 3.37. The first-order valence-corrected chi connectivity index (χ1v) is 3.34. The molecule has 0 radical (unpaired) electrons. The van der Waals surface area contributed by atoms with Gasteiger partial charge < -0.3 is 10.1 Å². The zero-order valence-electron chi connectivity index (χ0n) is 5.98. The van der Waals surface area contributed by atoms with E-state index in [-0.39, 0.29) is 11.5 Å². The predicted molar refractivity (Wildman–Crippen MR) is 36.3 cm³/mol. The molecule has 1 heterocycles. The van der Waals surface area contributed by atoms with Crippen molar-refractivity contribution in [1.82, 2.24) is 5.32 Å². The molecule has 0 saturated carbocycles. The van der Waals surface area contributed by atoms with Crippen molar-refractivity contribution in [1.29, 1.82) is 0 Å². The Hall–Kier alpha value is -0.370. The summed E-state index contributed by atoms with van der Waals surface area (Å²) in [6.07, 6.45) is 2.03. The highest BCUT2D eigenvalue weighted by atomic mass is 16.1. The summed E-state index contributed by atoms with van der Waals surface area (Å²) >= 11 is 0. The number of rotatable bonds is 1. The van der Waals surface area contributed by atoms with Gasteiger partial charge in [0, 0.05) is 18.0 Å². The van der Waals surface area contributed by atoms with E-state index in [0.29, 0.717) is 0 Å². The van der Waals surface area contributed by atoms with E-state index in [4.69, 9.17) is 0 Å². The number of aldehydes is 1. The average molecular weight is 127 g/mol. The molecule has 1 rings (SSSR count). The molecule has 1 aliphatic rings. The Kier molecular flexibility index (Phi) is 1.58. The minimum atomic E-state index is 0.186. The minimum Gasteiger partial charge on any atom is -0.311 e. The van der Waals surface area contributed by atoms with E-state index in [1.807, 2.05) is 0 Å². The molecule has 1 aliphatic heterocycles. The third-order valence-corrected chi connectivity index (χ3v) is 1.81. The van der Waals surface area contributed by atoms with Crippen molar-refractivity contribution in [3.05, 3.63) is 0 Å². The van der Waals surface area contributed by atoms with Gasteiger partial charge in [-0.05, 0) is 20.3 Å². The van der Waals surface area contributed by atoms with E-state index in [1.165, 1.54) is 0 Å². The summed E-state index contributed by atoms with van der Waals surface area (Å²) in [5.74, 6) is 0.250. The molecule has 52 valence electrons. The molecule has 0 amide bonds. The maximum Gasteiger partial charge on any atom is 0.124 e. The van der Waals surface area contributed by atoms with E-state index in [2.05, 4.69) is 19.2 Å². The van der Waals surface area contributed by atoms with Crippen LogP contribution in [0.15, 0.2) is 0 Å². The molecule has 0 aromatic carbocycles. The molecule has 0 aromatic heterocycles. The molecule has 1 N–H and O–H groups in total. The zero-order chi connectivity index (χ0) is 6.91. The van der Waals surface area contributed by atoms with E-state index < -0.39 is 0 Å². The second kappa shape index (κ2) is 2.10. The predicted octanol–water partition coefficient (Wildman–Crippen LogP) is 0.573. The van der Waals surface area contributed by atoms with E-state index >= 15 is 0 Å². The molecule has 0 aliphatic carbocycles. The van der Waals surface area contributed by atoms with Gasteiger partial charge in [-0.1, -0.05) is 0 Å². The van der Waals surface area contributed by atoms with Crippen LogP contribution in [0.5, 0.6) is 0 Å². The molecule has 9 heavy (non-hydrogen) atoms. The van der Waals surface area contributed by atoms with Gasteiger partial charge in [0.05, 0.1) is 0 Å². The maximum atomic E-state index is 10.3. The van der Waals surface area contributed by atoms with Gasteiger partial charge in [0.15, 0.2) is 0 Å². The zero-order valence-corrected chi connectivity index (χ0v) is 5.98. The Morgan fingerprint density at radius 3 is 2.56 bits per heavy atom. The molecule has 2 heteroatoms. The summed E-state index contributed by atoms with van der Waals surface area (Å²) in [6.45, 7) is 5.10. The number of nitrogens with one attached hydrogen (secondary N) is 1. The molecule has 1 fully saturated rings. The van der Waals surface area contributed by atoms with Gasteiger partial charge in [-0.3, -0.25) is 0 Å². The largest absolute Gasteiger partial charge is 0.311 e. The highest BCUT2D eigenvalue weighted by Crippen LogP contribution is 2.20. The SMILES string of the molecule is CC1(C)C[C@H](C=O)CN1. The molecule has 0 unspecified atom stereocenters. The van der Waals surface area contributed by atoms with Crippen molar-refractivity contribution in [2.75, 3.05) is 6.54 Å². The fraction of sp³-hybridized carbons (Fsp3) is 0.857. The summed E-state index contributed by atoms with van der Waals surface area (Å²) in [5.41, 5.74) is 0.186. The molecule has 0 aromatic rings. The number of carbonyl (C=O) groups is 1. The lowest BCUT2D eigenvalue weighted by Crippen LogP contribution is -2.31. The number of hydrogen-bond donors (Lipinski definition) is 1. The first-order valence-electron chi connectivity index (χ1n) is 3.34. The van der Waals surface area contributed by atoms with Crippen molar-refractivity contribution in [3.8, 4) is 0 Å². The van der Waals surface area contributed by atoms with Crippen LogP contribution in [0.1, 0.15) is 20.3 Å². The maximum absolute atomic E-state index is 10.3. The van der Waals surface area contributed by atoms with Gasteiger partial charge in [-0.25, -0.2) is 0 Å². The molecular weight excluding hydrogens is 114 g/mol. The van der Waals surface area contributed by atoms with Crippen molar-refractivity contribution in [2.24, 2.45) is 5.92 Å². The van der Waals surface area contributed by atoms with Crippen LogP contribution in [0, 0.1) is 5.92 Å². The topological polar surface area (TPSA) is 29.1 Å². The summed E-state index contributed by atoms with van der Waals surface area (Å²) in [5, 5.41) is 3.27. The van der Waals surface area contributed by atoms with Crippen LogP contribution in [0.4, 0.5) is 0 Å². The monoisotopic (exact) mass is 127 g/mol. The highest BCUT2D eigenvalue weighted by Gasteiger charge is 2.29. The van der Waals surface area contributed by atoms with Crippen molar-refractivity contribution >= 4 is 6.29 Å². The van der Waals surface area contributed by atoms with E-state index in [9.17, 15) is 4.79 Å². The average Bonchev–Trinajstić information content (AvgIpc) is 2.10. The summed E-state index contributed by atoms with van der Waals surface area (Å²) in [4.78, 5) is 10.3. The number of hydrogen-bond acceptors (Lipinski definition) is 2. The first-order chi connectivity index (χ1) is 4.14. The third kappa shape index (κ3) is 1.52. The molecule has 2 nitrogen and oxygen atoms in total.